The number of rotatable bonds is 11. The topological polar surface area (TPSA) is 47.7 Å². The van der Waals surface area contributed by atoms with Crippen molar-refractivity contribution in [1.82, 2.24) is 4.90 Å². The molecule has 0 fully saturated rings. The predicted molar refractivity (Wildman–Crippen MR) is 87.8 cm³/mol. The largest absolute Gasteiger partial charge is 0.385 e. The van der Waals surface area contributed by atoms with Crippen LogP contribution in [0.2, 0.25) is 5.02 Å². The number of ether oxygens (including phenoxy) is 2. The van der Waals surface area contributed by atoms with Crippen LogP contribution in [0.1, 0.15) is 24.4 Å². The van der Waals surface area contributed by atoms with Gasteiger partial charge in [-0.1, -0.05) is 23.7 Å². The molecule has 0 amide bonds. The molecule has 1 unspecified atom stereocenters. The molecule has 4 nitrogen and oxygen atoms in total. The van der Waals surface area contributed by atoms with Crippen molar-refractivity contribution in [3.8, 4) is 0 Å². The van der Waals surface area contributed by atoms with Crippen LogP contribution in [0.4, 0.5) is 0 Å². The Labute approximate surface area is 133 Å². The Balaban J connectivity index is 2.42. The Bertz CT molecular complexity index is 390. The molecule has 0 spiro atoms. The molecular formula is C16H27ClN2O2. The van der Waals surface area contributed by atoms with Crippen LogP contribution >= 0.6 is 11.6 Å². The zero-order chi connectivity index (χ0) is 15.5. The molecule has 0 radical (unpaired) electrons. The molecule has 5 heteroatoms. The number of hydrogen-bond donors (Lipinski definition) is 1. The lowest BCUT2D eigenvalue weighted by Gasteiger charge is -2.23. The van der Waals surface area contributed by atoms with Gasteiger partial charge in [0.1, 0.15) is 0 Å². The van der Waals surface area contributed by atoms with Crippen LogP contribution < -0.4 is 5.73 Å². The van der Waals surface area contributed by atoms with E-state index in [2.05, 4.69) is 4.90 Å². The third-order valence-corrected chi connectivity index (χ3v) is 3.70. The van der Waals surface area contributed by atoms with E-state index < -0.39 is 0 Å². The minimum Gasteiger partial charge on any atom is -0.385 e. The second-order valence-corrected chi connectivity index (χ2v) is 5.57. The molecule has 0 aliphatic heterocycles. The molecule has 2 N–H and O–H groups in total. The quantitative estimate of drug-likeness (QED) is 0.638. The number of nitrogens with two attached hydrogens (primary N) is 1. The van der Waals surface area contributed by atoms with E-state index in [0.29, 0.717) is 0 Å². The Hall–Kier alpha value is -0.650. The van der Waals surface area contributed by atoms with Gasteiger partial charge in [-0.15, -0.1) is 0 Å². The first-order valence-corrected chi connectivity index (χ1v) is 7.76. The fourth-order valence-corrected chi connectivity index (χ4v) is 2.41. The second kappa shape index (κ2) is 11.0. The van der Waals surface area contributed by atoms with Crippen LogP contribution in [0.5, 0.6) is 0 Å². The Morgan fingerprint density at radius 2 is 1.90 bits per heavy atom. The predicted octanol–water partition coefficient (Wildman–Crippen LogP) is 2.71. The van der Waals surface area contributed by atoms with Gasteiger partial charge in [-0.25, -0.2) is 0 Å². The summed E-state index contributed by atoms with van der Waals surface area (Å²) in [5.74, 6) is 0. The molecule has 0 saturated carbocycles. The zero-order valence-electron chi connectivity index (χ0n) is 13.1. The lowest BCUT2D eigenvalue weighted by Crippen LogP contribution is -2.32. The van der Waals surface area contributed by atoms with Crippen LogP contribution in [0, 0.1) is 0 Å². The van der Waals surface area contributed by atoms with Crippen molar-refractivity contribution in [3.05, 3.63) is 34.9 Å². The summed E-state index contributed by atoms with van der Waals surface area (Å²) in [6, 6.07) is 7.79. The van der Waals surface area contributed by atoms with E-state index >= 15 is 0 Å². The van der Waals surface area contributed by atoms with Crippen LogP contribution in [0.25, 0.3) is 0 Å². The third kappa shape index (κ3) is 7.79. The highest BCUT2D eigenvalue weighted by Gasteiger charge is 2.10. The minimum atomic E-state index is 0.0103. The van der Waals surface area contributed by atoms with E-state index in [1.165, 1.54) is 0 Å². The smallest absolute Gasteiger partial charge is 0.0589 e. The SMILES string of the molecule is COCCCN(CCOC)CCC(N)c1cccc(Cl)c1. The molecular weight excluding hydrogens is 288 g/mol. The summed E-state index contributed by atoms with van der Waals surface area (Å²) in [7, 11) is 3.46. The van der Waals surface area contributed by atoms with E-state index in [-0.39, 0.29) is 6.04 Å². The average molecular weight is 315 g/mol. The minimum absolute atomic E-state index is 0.0103. The standard InChI is InChI=1S/C16H27ClN2O2/c1-20-11-4-8-19(10-12-21-2)9-7-16(18)14-5-3-6-15(17)13-14/h3,5-6,13,16H,4,7-12,18H2,1-2H3. The van der Waals surface area contributed by atoms with Crippen molar-refractivity contribution < 1.29 is 9.47 Å². The highest BCUT2D eigenvalue weighted by molar-refractivity contribution is 6.30. The van der Waals surface area contributed by atoms with Gasteiger partial charge in [0.05, 0.1) is 6.61 Å². The maximum atomic E-state index is 6.25. The lowest BCUT2D eigenvalue weighted by molar-refractivity contribution is 0.131. The van der Waals surface area contributed by atoms with Gasteiger partial charge in [-0.05, 0) is 30.5 Å². The van der Waals surface area contributed by atoms with Crippen molar-refractivity contribution in [2.75, 3.05) is 47.1 Å². The molecule has 1 atom stereocenters. The zero-order valence-corrected chi connectivity index (χ0v) is 13.8. The molecule has 1 aromatic carbocycles. The monoisotopic (exact) mass is 314 g/mol. The summed E-state index contributed by atoms with van der Waals surface area (Å²) < 4.78 is 10.3. The first kappa shape index (κ1) is 18.4. The van der Waals surface area contributed by atoms with E-state index in [0.717, 1.165) is 56.3 Å². The second-order valence-electron chi connectivity index (χ2n) is 5.13. The van der Waals surface area contributed by atoms with E-state index in [9.17, 15) is 0 Å². The van der Waals surface area contributed by atoms with Gasteiger partial charge >= 0.3 is 0 Å². The molecule has 21 heavy (non-hydrogen) atoms. The lowest BCUT2D eigenvalue weighted by atomic mass is 10.0. The van der Waals surface area contributed by atoms with Crippen molar-refractivity contribution in [3.63, 3.8) is 0 Å². The van der Waals surface area contributed by atoms with Gasteiger partial charge in [0.2, 0.25) is 0 Å². The summed E-state index contributed by atoms with van der Waals surface area (Å²) in [5, 5.41) is 0.735. The fourth-order valence-electron chi connectivity index (χ4n) is 2.21. The molecule has 120 valence electrons. The molecule has 0 heterocycles. The van der Waals surface area contributed by atoms with Crippen molar-refractivity contribution in [2.45, 2.75) is 18.9 Å². The van der Waals surface area contributed by atoms with Crippen molar-refractivity contribution in [1.29, 1.82) is 0 Å². The normalized spacial score (nSPS) is 12.8. The van der Waals surface area contributed by atoms with E-state index in [1.807, 2.05) is 24.3 Å². The number of halogens is 1. The number of hydrogen-bond acceptors (Lipinski definition) is 4. The maximum absolute atomic E-state index is 6.25. The van der Waals surface area contributed by atoms with Crippen LogP contribution in [-0.4, -0.2) is 52.0 Å². The van der Waals surface area contributed by atoms with Gasteiger partial charge in [0.15, 0.2) is 0 Å². The summed E-state index contributed by atoms with van der Waals surface area (Å²) in [5.41, 5.74) is 7.34. The Morgan fingerprint density at radius 3 is 2.57 bits per heavy atom. The molecule has 0 aliphatic rings. The molecule has 1 aromatic rings. The van der Waals surface area contributed by atoms with Gasteiger partial charge < -0.3 is 20.1 Å². The van der Waals surface area contributed by atoms with E-state index in [1.54, 1.807) is 14.2 Å². The third-order valence-electron chi connectivity index (χ3n) is 3.47. The number of benzene rings is 1. The molecule has 0 bridgehead atoms. The van der Waals surface area contributed by atoms with Gasteiger partial charge in [-0.2, -0.15) is 0 Å². The number of nitrogens with zero attached hydrogens (tertiary/aromatic N) is 1. The first-order chi connectivity index (χ1) is 10.2. The fraction of sp³-hybridized carbons (Fsp3) is 0.625. The van der Waals surface area contributed by atoms with Crippen LogP contribution in [-0.2, 0) is 9.47 Å². The maximum Gasteiger partial charge on any atom is 0.0589 e. The van der Waals surface area contributed by atoms with Crippen molar-refractivity contribution in [2.24, 2.45) is 5.73 Å². The Kier molecular flexibility index (Phi) is 9.63. The van der Waals surface area contributed by atoms with Gasteiger partial charge in [0, 0.05) is 51.5 Å². The summed E-state index contributed by atoms with van der Waals surface area (Å²) >= 11 is 6.01. The van der Waals surface area contributed by atoms with Crippen molar-refractivity contribution >= 4 is 11.6 Å². The van der Waals surface area contributed by atoms with Gasteiger partial charge in [0.25, 0.3) is 0 Å². The van der Waals surface area contributed by atoms with E-state index in [4.69, 9.17) is 26.8 Å². The highest BCUT2D eigenvalue weighted by Crippen LogP contribution is 2.18. The molecule has 0 aliphatic carbocycles. The molecule has 0 aromatic heterocycles. The summed E-state index contributed by atoms with van der Waals surface area (Å²) in [6.07, 6.45) is 1.92. The highest BCUT2D eigenvalue weighted by atomic mass is 35.5. The average Bonchev–Trinajstić information content (AvgIpc) is 2.49. The van der Waals surface area contributed by atoms with Gasteiger partial charge in [-0.3, -0.25) is 0 Å². The summed E-state index contributed by atoms with van der Waals surface area (Å²) in [6.45, 7) is 4.38. The van der Waals surface area contributed by atoms with Crippen LogP contribution in [0.15, 0.2) is 24.3 Å². The molecule has 1 rings (SSSR count). The van der Waals surface area contributed by atoms with Crippen LogP contribution in [0.3, 0.4) is 0 Å². The first-order valence-electron chi connectivity index (χ1n) is 7.38. The molecule has 0 saturated heterocycles. The number of methoxy groups -OCH3 is 2. The summed E-state index contributed by atoms with van der Waals surface area (Å²) in [4.78, 5) is 2.37. The Morgan fingerprint density at radius 1 is 1.14 bits per heavy atom.